The van der Waals surface area contributed by atoms with Crippen molar-refractivity contribution in [3.8, 4) is 11.5 Å². The van der Waals surface area contributed by atoms with Crippen LogP contribution in [0.4, 0.5) is 0 Å². The highest BCUT2D eigenvalue weighted by Crippen LogP contribution is 2.34. The SMILES string of the molecule is CC(C)(O)C1Cc2cc(O)ccc2O1. The van der Waals surface area contributed by atoms with Gasteiger partial charge in [-0.25, -0.2) is 0 Å². The van der Waals surface area contributed by atoms with E-state index in [4.69, 9.17) is 4.74 Å². The Labute approximate surface area is 83.0 Å². The predicted octanol–water partition coefficient (Wildman–Crippen LogP) is 1.47. The van der Waals surface area contributed by atoms with Crippen LogP contribution in [0, 0.1) is 0 Å². The Kier molecular flexibility index (Phi) is 1.93. The zero-order valence-corrected chi connectivity index (χ0v) is 8.32. The summed E-state index contributed by atoms with van der Waals surface area (Å²) in [6, 6.07) is 5.00. The van der Waals surface area contributed by atoms with Crippen LogP contribution >= 0.6 is 0 Å². The molecule has 1 aromatic carbocycles. The molecule has 0 bridgehead atoms. The van der Waals surface area contributed by atoms with Crippen LogP contribution in [0.5, 0.6) is 11.5 Å². The van der Waals surface area contributed by atoms with Crippen molar-refractivity contribution in [1.29, 1.82) is 0 Å². The summed E-state index contributed by atoms with van der Waals surface area (Å²) in [5.74, 6) is 0.999. The molecule has 2 N–H and O–H groups in total. The van der Waals surface area contributed by atoms with Crippen LogP contribution in [0.3, 0.4) is 0 Å². The van der Waals surface area contributed by atoms with E-state index in [2.05, 4.69) is 0 Å². The lowest BCUT2D eigenvalue weighted by molar-refractivity contribution is -0.0229. The van der Waals surface area contributed by atoms with E-state index in [0.29, 0.717) is 6.42 Å². The summed E-state index contributed by atoms with van der Waals surface area (Å²) in [7, 11) is 0. The first-order valence-corrected chi connectivity index (χ1v) is 4.68. The summed E-state index contributed by atoms with van der Waals surface area (Å²) in [4.78, 5) is 0. The maximum Gasteiger partial charge on any atom is 0.131 e. The van der Waals surface area contributed by atoms with E-state index in [1.807, 2.05) is 0 Å². The second-order valence-corrected chi connectivity index (χ2v) is 4.26. The van der Waals surface area contributed by atoms with Gasteiger partial charge in [-0.05, 0) is 32.0 Å². The van der Waals surface area contributed by atoms with Crippen LogP contribution in [-0.2, 0) is 6.42 Å². The standard InChI is InChI=1S/C11H14O3/c1-11(2,13)10-6-7-5-8(12)3-4-9(7)14-10/h3-5,10,12-13H,6H2,1-2H3. The van der Waals surface area contributed by atoms with Crippen LogP contribution in [-0.4, -0.2) is 21.9 Å². The molecule has 0 spiro atoms. The Balaban J connectivity index is 2.26. The van der Waals surface area contributed by atoms with Gasteiger partial charge in [0, 0.05) is 12.0 Å². The maximum atomic E-state index is 9.77. The van der Waals surface area contributed by atoms with Gasteiger partial charge in [0.15, 0.2) is 0 Å². The third-order valence-corrected chi connectivity index (χ3v) is 2.51. The number of fused-ring (bicyclic) bond motifs is 1. The summed E-state index contributed by atoms with van der Waals surface area (Å²) in [5, 5.41) is 19.0. The lowest BCUT2D eigenvalue weighted by Gasteiger charge is -2.24. The maximum absolute atomic E-state index is 9.77. The van der Waals surface area contributed by atoms with Crippen molar-refractivity contribution >= 4 is 0 Å². The lowest BCUT2D eigenvalue weighted by atomic mass is 9.97. The first-order valence-electron chi connectivity index (χ1n) is 4.68. The summed E-state index contributed by atoms with van der Waals surface area (Å²) in [6.07, 6.45) is 0.423. The van der Waals surface area contributed by atoms with Gasteiger partial charge in [0.1, 0.15) is 17.6 Å². The van der Waals surface area contributed by atoms with Crippen LogP contribution in [0.2, 0.25) is 0 Å². The molecule has 2 rings (SSSR count). The van der Waals surface area contributed by atoms with Gasteiger partial charge in [-0.1, -0.05) is 0 Å². The Morgan fingerprint density at radius 2 is 2.14 bits per heavy atom. The van der Waals surface area contributed by atoms with Gasteiger partial charge >= 0.3 is 0 Å². The predicted molar refractivity (Wildman–Crippen MR) is 52.5 cm³/mol. The monoisotopic (exact) mass is 194 g/mol. The fourth-order valence-electron chi connectivity index (χ4n) is 1.63. The Bertz CT molecular complexity index is 352. The number of ether oxygens (including phenoxy) is 1. The van der Waals surface area contributed by atoms with Gasteiger partial charge in [-0.3, -0.25) is 0 Å². The van der Waals surface area contributed by atoms with Crippen molar-refractivity contribution in [2.24, 2.45) is 0 Å². The minimum atomic E-state index is -0.853. The molecule has 1 heterocycles. The van der Waals surface area contributed by atoms with E-state index >= 15 is 0 Å². The summed E-state index contributed by atoms with van der Waals surface area (Å²) < 4.78 is 5.57. The Morgan fingerprint density at radius 1 is 1.43 bits per heavy atom. The van der Waals surface area contributed by atoms with Crippen molar-refractivity contribution in [2.45, 2.75) is 32.0 Å². The van der Waals surface area contributed by atoms with Crippen LogP contribution in [0.25, 0.3) is 0 Å². The minimum absolute atomic E-state index is 0.223. The number of phenols is 1. The van der Waals surface area contributed by atoms with Crippen LogP contribution < -0.4 is 4.74 Å². The lowest BCUT2D eigenvalue weighted by Crippen LogP contribution is -2.39. The van der Waals surface area contributed by atoms with Gasteiger partial charge in [0.25, 0.3) is 0 Å². The molecule has 0 aromatic heterocycles. The first-order chi connectivity index (χ1) is 6.47. The fraction of sp³-hybridized carbons (Fsp3) is 0.455. The summed E-state index contributed by atoms with van der Waals surface area (Å²) >= 11 is 0. The number of benzene rings is 1. The number of phenolic OH excluding ortho intramolecular Hbond substituents is 1. The first kappa shape index (κ1) is 9.34. The van der Waals surface area contributed by atoms with Crippen molar-refractivity contribution in [2.75, 3.05) is 0 Å². The number of hydrogen-bond donors (Lipinski definition) is 2. The normalized spacial score (nSPS) is 20.4. The molecule has 1 aromatic rings. The highest BCUT2D eigenvalue weighted by atomic mass is 16.5. The highest BCUT2D eigenvalue weighted by molar-refractivity contribution is 5.43. The van der Waals surface area contributed by atoms with Gasteiger partial charge in [-0.2, -0.15) is 0 Å². The molecule has 0 amide bonds. The van der Waals surface area contributed by atoms with Crippen LogP contribution in [0.1, 0.15) is 19.4 Å². The summed E-state index contributed by atoms with van der Waals surface area (Å²) in [6.45, 7) is 3.45. The van der Waals surface area contributed by atoms with E-state index in [1.165, 1.54) is 0 Å². The molecule has 0 saturated heterocycles. The largest absolute Gasteiger partial charge is 0.508 e. The molecule has 0 aliphatic carbocycles. The number of aromatic hydroxyl groups is 1. The van der Waals surface area contributed by atoms with Crippen molar-refractivity contribution < 1.29 is 14.9 Å². The topological polar surface area (TPSA) is 49.7 Å². The molecule has 3 nitrogen and oxygen atoms in total. The van der Waals surface area contributed by atoms with Gasteiger partial charge in [0.2, 0.25) is 0 Å². The molecular formula is C11H14O3. The molecule has 1 aliphatic rings. The zero-order chi connectivity index (χ0) is 10.3. The molecule has 3 heteroatoms. The third kappa shape index (κ3) is 1.55. The molecule has 0 radical (unpaired) electrons. The molecular weight excluding hydrogens is 180 g/mol. The fourth-order valence-corrected chi connectivity index (χ4v) is 1.63. The van der Waals surface area contributed by atoms with E-state index in [9.17, 15) is 10.2 Å². The van der Waals surface area contributed by atoms with Gasteiger partial charge in [0.05, 0.1) is 5.60 Å². The summed E-state index contributed by atoms with van der Waals surface area (Å²) in [5.41, 5.74) is 0.103. The van der Waals surface area contributed by atoms with E-state index < -0.39 is 5.60 Å². The van der Waals surface area contributed by atoms with E-state index in [-0.39, 0.29) is 11.9 Å². The second kappa shape index (κ2) is 2.89. The Morgan fingerprint density at radius 3 is 2.79 bits per heavy atom. The highest BCUT2D eigenvalue weighted by Gasteiger charge is 2.34. The molecule has 76 valence electrons. The number of aliphatic hydroxyl groups is 1. The van der Waals surface area contributed by atoms with E-state index in [1.54, 1.807) is 32.0 Å². The van der Waals surface area contributed by atoms with Crippen LogP contribution in [0.15, 0.2) is 18.2 Å². The van der Waals surface area contributed by atoms with Crippen molar-refractivity contribution in [3.05, 3.63) is 23.8 Å². The molecule has 1 aliphatic heterocycles. The third-order valence-electron chi connectivity index (χ3n) is 2.51. The minimum Gasteiger partial charge on any atom is -0.508 e. The Hall–Kier alpha value is -1.22. The average molecular weight is 194 g/mol. The zero-order valence-electron chi connectivity index (χ0n) is 8.32. The molecule has 14 heavy (non-hydrogen) atoms. The van der Waals surface area contributed by atoms with Crippen molar-refractivity contribution in [3.63, 3.8) is 0 Å². The molecule has 1 atom stereocenters. The second-order valence-electron chi connectivity index (χ2n) is 4.26. The van der Waals surface area contributed by atoms with E-state index in [0.717, 1.165) is 11.3 Å². The molecule has 0 saturated carbocycles. The quantitative estimate of drug-likeness (QED) is 0.711. The number of rotatable bonds is 1. The smallest absolute Gasteiger partial charge is 0.131 e. The van der Waals surface area contributed by atoms with Gasteiger partial charge in [-0.15, -0.1) is 0 Å². The average Bonchev–Trinajstić information content (AvgIpc) is 2.45. The van der Waals surface area contributed by atoms with Gasteiger partial charge < -0.3 is 14.9 Å². The molecule has 1 unspecified atom stereocenters. The number of hydrogen-bond acceptors (Lipinski definition) is 3. The van der Waals surface area contributed by atoms with Crippen molar-refractivity contribution in [1.82, 2.24) is 0 Å². The molecule has 0 fully saturated rings.